The van der Waals surface area contributed by atoms with Gasteiger partial charge >= 0.3 is 0 Å². The number of rotatable bonds is 8. The number of ether oxygens (including phenoxy) is 1. The van der Waals surface area contributed by atoms with E-state index in [1.807, 2.05) is 20.8 Å². The fraction of sp³-hybridized carbons (Fsp3) is 1.00. The predicted molar refractivity (Wildman–Crippen MR) is 62.1 cm³/mol. The standard InChI is InChI=1S/C10H23NO2S/c1-9(2)13-8-7-11-6-5-10(3)14(4)12/h9-11H,5-8H2,1-4H3. The lowest BCUT2D eigenvalue weighted by molar-refractivity contribution is 0.0809. The Morgan fingerprint density at radius 3 is 2.43 bits per heavy atom. The third-order valence-electron chi connectivity index (χ3n) is 2.02. The highest BCUT2D eigenvalue weighted by molar-refractivity contribution is 7.84. The second-order valence-electron chi connectivity index (χ2n) is 3.77. The highest BCUT2D eigenvalue weighted by Crippen LogP contribution is 1.96. The summed E-state index contributed by atoms with van der Waals surface area (Å²) in [5, 5.41) is 3.55. The van der Waals surface area contributed by atoms with Crippen LogP contribution in [0.25, 0.3) is 0 Å². The molecular weight excluding hydrogens is 198 g/mol. The van der Waals surface area contributed by atoms with Crippen LogP contribution >= 0.6 is 0 Å². The topological polar surface area (TPSA) is 38.3 Å². The number of nitrogens with one attached hydrogen (secondary N) is 1. The molecule has 4 heteroatoms. The van der Waals surface area contributed by atoms with Gasteiger partial charge in [0.25, 0.3) is 0 Å². The van der Waals surface area contributed by atoms with Crippen molar-refractivity contribution in [1.29, 1.82) is 0 Å². The van der Waals surface area contributed by atoms with Crippen molar-refractivity contribution in [3.63, 3.8) is 0 Å². The summed E-state index contributed by atoms with van der Waals surface area (Å²) in [4.78, 5) is 0. The molecule has 0 aromatic rings. The lowest BCUT2D eigenvalue weighted by atomic mass is 10.3. The maximum atomic E-state index is 11.0. The van der Waals surface area contributed by atoms with Gasteiger partial charge in [0.2, 0.25) is 0 Å². The molecule has 2 unspecified atom stereocenters. The van der Waals surface area contributed by atoms with Gasteiger partial charge in [-0.05, 0) is 26.8 Å². The largest absolute Gasteiger partial charge is 0.377 e. The quantitative estimate of drug-likeness (QED) is 0.625. The molecule has 0 spiro atoms. The van der Waals surface area contributed by atoms with Gasteiger partial charge in [0.15, 0.2) is 0 Å². The lowest BCUT2D eigenvalue weighted by Crippen LogP contribution is -2.25. The smallest absolute Gasteiger partial charge is 0.0594 e. The van der Waals surface area contributed by atoms with Gasteiger partial charge in [-0.15, -0.1) is 0 Å². The average molecular weight is 221 g/mol. The molecule has 0 aliphatic carbocycles. The van der Waals surface area contributed by atoms with E-state index in [1.54, 1.807) is 6.26 Å². The minimum absolute atomic E-state index is 0.286. The zero-order valence-corrected chi connectivity index (χ0v) is 10.5. The molecule has 0 amide bonds. The molecule has 1 N–H and O–H groups in total. The summed E-state index contributed by atoms with van der Waals surface area (Å²) >= 11 is 0. The molecule has 0 bridgehead atoms. The normalized spacial score (nSPS) is 15.8. The van der Waals surface area contributed by atoms with Gasteiger partial charge in [-0.25, -0.2) is 0 Å². The van der Waals surface area contributed by atoms with Crippen molar-refractivity contribution >= 4 is 10.8 Å². The summed E-state index contributed by atoms with van der Waals surface area (Å²) in [6, 6.07) is 0. The van der Waals surface area contributed by atoms with Crippen molar-refractivity contribution in [1.82, 2.24) is 5.32 Å². The Bertz CT molecular complexity index is 162. The molecule has 0 aromatic heterocycles. The van der Waals surface area contributed by atoms with E-state index in [0.717, 1.165) is 26.1 Å². The van der Waals surface area contributed by atoms with Gasteiger partial charge in [0, 0.05) is 28.9 Å². The van der Waals surface area contributed by atoms with Crippen molar-refractivity contribution in [2.24, 2.45) is 0 Å². The summed E-state index contributed by atoms with van der Waals surface area (Å²) in [7, 11) is -0.696. The van der Waals surface area contributed by atoms with Crippen molar-refractivity contribution in [2.45, 2.75) is 38.5 Å². The van der Waals surface area contributed by atoms with E-state index in [4.69, 9.17) is 4.74 Å². The molecule has 3 nitrogen and oxygen atoms in total. The predicted octanol–water partition coefficient (Wildman–Crippen LogP) is 1.16. The molecule has 14 heavy (non-hydrogen) atoms. The van der Waals surface area contributed by atoms with Crippen LogP contribution in [0.15, 0.2) is 0 Å². The van der Waals surface area contributed by atoms with Crippen LogP contribution < -0.4 is 5.32 Å². The molecule has 0 aromatic carbocycles. The van der Waals surface area contributed by atoms with E-state index < -0.39 is 10.8 Å². The first-order chi connectivity index (χ1) is 6.54. The van der Waals surface area contributed by atoms with E-state index in [2.05, 4.69) is 5.32 Å². The van der Waals surface area contributed by atoms with Gasteiger partial charge in [-0.1, -0.05) is 6.92 Å². The van der Waals surface area contributed by atoms with Crippen LogP contribution in [-0.2, 0) is 15.5 Å². The van der Waals surface area contributed by atoms with Gasteiger partial charge in [-0.2, -0.15) is 0 Å². The van der Waals surface area contributed by atoms with E-state index >= 15 is 0 Å². The van der Waals surface area contributed by atoms with Gasteiger partial charge < -0.3 is 10.1 Å². The molecule has 0 saturated carbocycles. The molecule has 0 fully saturated rings. The lowest BCUT2D eigenvalue weighted by Gasteiger charge is -2.10. The first-order valence-electron chi connectivity index (χ1n) is 5.18. The fourth-order valence-electron chi connectivity index (χ4n) is 0.963. The first kappa shape index (κ1) is 14.1. The molecule has 0 radical (unpaired) electrons. The van der Waals surface area contributed by atoms with E-state index in [0.29, 0.717) is 6.10 Å². The van der Waals surface area contributed by atoms with Crippen LogP contribution in [0.3, 0.4) is 0 Å². The average Bonchev–Trinajstić information content (AvgIpc) is 2.09. The molecule has 0 aliphatic heterocycles. The number of hydrogen-bond acceptors (Lipinski definition) is 3. The molecule has 2 atom stereocenters. The molecule has 0 heterocycles. The molecule has 0 aliphatic rings. The third-order valence-corrected chi connectivity index (χ3v) is 3.39. The first-order valence-corrected chi connectivity index (χ1v) is 6.80. The summed E-state index contributed by atoms with van der Waals surface area (Å²) < 4.78 is 16.4. The minimum atomic E-state index is -0.696. The Balaban J connectivity index is 3.17. The summed E-state index contributed by atoms with van der Waals surface area (Å²) in [6.07, 6.45) is 3.02. The highest BCUT2D eigenvalue weighted by Gasteiger charge is 2.04. The molecule has 0 rings (SSSR count). The third kappa shape index (κ3) is 8.66. The zero-order valence-electron chi connectivity index (χ0n) is 9.71. The maximum absolute atomic E-state index is 11.0. The second-order valence-corrected chi connectivity index (χ2v) is 5.57. The molecule has 0 saturated heterocycles. The van der Waals surface area contributed by atoms with Crippen LogP contribution in [0.5, 0.6) is 0 Å². The van der Waals surface area contributed by atoms with Crippen molar-refractivity contribution in [3.05, 3.63) is 0 Å². The summed E-state index contributed by atoms with van der Waals surface area (Å²) in [5.41, 5.74) is 0. The van der Waals surface area contributed by atoms with Crippen LogP contribution in [-0.4, -0.2) is 41.5 Å². The van der Waals surface area contributed by atoms with Gasteiger partial charge in [-0.3, -0.25) is 4.21 Å². The highest BCUT2D eigenvalue weighted by atomic mass is 32.2. The van der Waals surface area contributed by atoms with Gasteiger partial charge in [0.05, 0.1) is 12.7 Å². The van der Waals surface area contributed by atoms with Crippen LogP contribution in [0, 0.1) is 0 Å². The summed E-state index contributed by atoms with van der Waals surface area (Å²) in [5.74, 6) is 0. The molecule has 86 valence electrons. The van der Waals surface area contributed by atoms with E-state index in [9.17, 15) is 4.21 Å². The second kappa shape index (κ2) is 8.38. The Morgan fingerprint density at radius 1 is 1.29 bits per heavy atom. The van der Waals surface area contributed by atoms with Crippen molar-refractivity contribution in [2.75, 3.05) is 26.0 Å². The Kier molecular flexibility index (Phi) is 8.43. The fourth-order valence-corrected chi connectivity index (χ4v) is 1.41. The Hall–Kier alpha value is 0.0700. The molecular formula is C10H23NO2S. The van der Waals surface area contributed by atoms with Gasteiger partial charge in [0.1, 0.15) is 0 Å². The zero-order chi connectivity index (χ0) is 11.0. The van der Waals surface area contributed by atoms with Crippen molar-refractivity contribution < 1.29 is 8.95 Å². The van der Waals surface area contributed by atoms with Crippen LogP contribution in [0.2, 0.25) is 0 Å². The SMILES string of the molecule is CC(C)OCCNCCC(C)S(C)=O. The van der Waals surface area contributed by atoms with Crippen LogP contribution in [0.4, 0.5) is 0 Å². The Labute approximate surface area is 90.1 Å². The van der Waals surface area contributed by atoms with Crippen molar-refractivity contribution in [3.8, 4) is 0 Å². The Morgan fingerprint density at radius 2 is 1.93 bits per heavy atom. The van der Waals surface area contributed by atoms with E-state index in [1.165, 1.54) is 0 Å². The minimum Gasteiger partial charge on any atom is -0.377 e. The van der Waals surface area contributed by atoms with Crippen LogP contribution in [0.1, 0.15) is 27.2 Å². The van der Waals surface area contributed by atoms with E-state index in [-0.39, 0.29) is 5.25 Å². The monoisotopic (exact) mass is 221 g/mol. The number of hydrogen-bond donors (Lipinski definition) is 1. The summed E-state index contributed by atoms with van der Waals surface area (Å²) in [6.45, 7) is 8.62. The maximum Gasteiger partial charge on any atom is 0.0594 e.